The van der Waals surface area contributed by atoms with Gasteiger partial charge in [-0.25, -0.2) is 0 Å². The minimum Gasteiger partial charge on any atom is -0.388 e. The van der Waals surface area contributed by atoms with Crippen molar-refractivity contribution >= 4 is 23.2 Å². The third-order valence-corrected chi connectivity index (χ3v) is 4.54. The van der Waals surface area contributed by atoms with Crippen molar-refractivity contribution in [3.63, 3.8) is 0 Å². The van der Waals surface area contributed by atoms with Crippen molar-refractivity contribution < 1.29 is 5.11 Å². The van der Waals surface area contributed by atoms with Crippen LogP contribution in [0.15, 0.2) is 42.5 Å². The van der Waals surface area contributed by atoms with E-state index in [0.29, 0.717) is 10.0 Å². The van der Waals surface area contributed by atoms with Crippen LogP contribution in [0, 0.1) is 0 Å². The summed E-state index contributed by atoms with van der Waals surface area (Å²) in [6, 6.07) is 13.9. The zero-order chi connectivity index (χ0) is 13.4. The second-order valence-electron chi connectivity index (χ2n) is 4.95. The number of hydrogen-bond donors (Lipinski definition) is 1. The summed E-state index contributed by atoms with van der Waals surface area (Å²) >= 11 is 12.1. The molecule has 0 amide bonds. The van der Waals surface area contributed by atoms with Crippen molar-refractivity contribution in [1.82, 2.24) is 0 Å². The van der Waals surface area contributed by atoms with Crippen molar-refractivity contribution in [1.29, 1.82) is 0 Å². The minimum atomic E-state index is -0.352. The Morgan fingerprint density at radius 2 is 1.63 bits per heavy atom. The lowest BCUT2D eigenvalue weighted by Crippen LogP contribution is -2.15. The minimum absolute atomic E-state index is 0.286. The second kappa shape index (κ2) is 5.16. The highest BCUT2D eigenvalue weighted by molar-refractivity contribution is 6.42. The number of hydrogen-bond acceptors (Lipinski definition) is 1. The number of fused-ring (bicyclic) bond motifs is 1. The van der Waals surface area contributed by atoms with Crippen LogP contribution >= 0.6 is 23.2 Å². The molecule has 2 aromatic rings. The monoisotopic (exact) mass is 292 g/mol. The first kappa shape index (κ1) is 13.0. The molecule has 0 saturated heterocycles. The van der Waals surface area contributed by atoms with E-state index in [1.807, 2.05) is 36.4 Å². The maximum Gasteiger partial charge on any atom is 0.0793 e. The highest BCUT2D eigenvalue weighted by atomic mass is 35.5. The maximum absolute atomic E-state index is 10.1. The van der Waals surface area contributed by atoms with Crippen LogP contribution in [-0.2, 0) is 0 Å². The molecule has 3 heteroatoms. The van der Waals surface area contributed by atoms with Crippen LogP contribution in [0.3, 0.4) is 0 Å². The maximum atomic E-state index is 10.1. The van der Waals surface area contributed by atoms with Crippen molar-refractivity contribution in [2.75, 3.05) is 0 Å². The fourth-order valence-electron chi connectivity index (χ4n) is 2.84. The lowest BCUT2D eigenvalue weighted by molar-refractivity contribution is 0.153. The van der Waals surface area contributed by atoms with Crippen molar-refractivity contribution in [2.45, 2.75) is 24.9 Å². The van der Waals surface area contributed by atoms with Crippen LogP contribution in [0.4, 0.5) is 0 Å². The highest BCUT2D eigenvalue weighted by Crippen LogP contribution is 2.42. The summed E-state index contributed by atoms with van der Waals surface area (Å²) in [6.07, 6.45) is 1.35. The van der Waals surface area contributed by atoms with Crippen LogP contribution < -0.4 is 0 Å². The van der Waals surface area contributed by atoms with Gasteiger partial charge in [0.25, 0.3) is 0 Å². The zero-order valence-electron chi connectivity index (χ0n) is 10.3. The molecule has 1 nitrogen and oxygen atoms in total. The molecule has 1 aliphatic carbocycles. The molecule has 2 aromatic carbocycles. The molecule has 0 bridgehead atoms. The van der Waals surface area contributed by atoms with Crippen LogP contribution in [0.25, 0.3) is 0 Å². The molecule has 3 rings (SSSR count). The van der Waals surface area contributed by atoms with E-state index in [9.17, 15) is 5.11 Å². The summed E-state index contributed by atoms with van der Waals surface area (Å²) < 4.78 is 0. The molecule has 0 fully saturated rings. The predicted octanol–water partition coefficient (Wildman–Crippen LogP) is 4.95. The van der Waals surface area contributed by atoms with Crippen molar-refractivity contribution in [3.05, 3.63) is 69.2 Å². The Hall–Kier alpha value is -1.02. The summed E-state index contributed by atoms with van der Waals surface area (Å²) in [4.78, 5) is 0. The van der Waals surface area contributed by atoms with Crippen LogP contribution in [-0.4, -0.2) is 5.11 Å². The predicted molar refractivity (Wildman–Crippen MR) is 78.9 cm³/mol. The normalized spacial score (nSPS) is 22.1. The molecule has 2 atom stereocenters. The van der Waals surface area contributed by atoms with E-state index >= 15 is 0 Å². The summed E-state index contributed by atoms with van der Waals surface area (Å²) in [7, 11) is 0. The molecule has 0 radical (unpaired) electrons. The van der Waals surface area contributed by atoms with Crippen LogP contribution in [0.5, 0.6) is 0 Å². The molecule has 98 valence electrons. The average Bonchev–Trinajstić information content (AvgIpc) is 2.43. The number of aliphatic hydroxyl groups is 1. The van der Waals surface area contributed by atoms with Crippen LogP contribution in [0.2, 0.25) is 10.0 Å². The first-order valence-electron chi connectivity index (χ1n) is 6.38. The second-order valence-corrected chi connectivity index (χ2v) is 5.76. The quantitative estimate of drug-likeness (QED) is 0.788. The Balaban J connectivity index is 2.07. The number of benzene rings is 2. The third-order valence-electron chi connectivity index (χ3n) is 3.81. The Bertz CT molecular complexity index is 609. The third kappa shape index (κ3) is 2.38. The van der Waals surface area contributed by atoms with Crippen LogP contribution in [0.1, 0.15) is 41.6 Å². The smallest absolute Gasteiger partial charge is 0.0793 e. The van der Waals surface area contributed by atoms with Crippen molar-refractivity contribution in [3.8, 4) is 0 Å². The Labute approximate surface area is 122 Å². The van der Waals surface area contributed by atoms with Gasteiger partial charge in [0.05, 0.1) is 16.1 Å². The van der Waals surface area contributed by atoms with Gasteiger partial charge >= 0.3 is 0 Å². The number of halogens is 2. The van der Waals surface area contributed by atoms with Gasteiger partial charge in [0.1, 0.15) is 0 Å². The molecule has 0 heterocycles. The van der Waals surface area contributed by atoms with Gasteiger partial charge in [-0.05, 0) is 41.7 Å². The molecule has 1 N–H and O–H groups in total. The van der Waals surface area contributed by atoms with E-state index in [4.69, 9.17) is 23.2 Å². The summed E-state index contributed by atoms with van der Waals surface area (Å²) in [5, 5.41) is 11.2. The van der Waals surface area contributed by atoms with E-state index < -0.39 is 0 Å². The Morgan fingerprint density at radius 1 is 0.895 bits per heavy atom. The van der Waals surface area contributed by atoms with Gasteiger partial charge in [-0.2, -0.15) is 0 Å². The van der Waals surface area contributed by atoms with Gasteiger partial charge < -0.3 is 5.11 Å². The molecule has 0 saturated carbocycles. The first-order chi connectivity index (χ1) is 9.16. The standard InChI is InChI=1S/C16H14Cl2O/c17-14-7-5-10(9-15(14)18)11-6-8-16(19)13-4-2-1-3-12(11)13/h1-5,7,9,11,16,19H,6,8H2/t11-,16-/m0/s1. The topological polar surface area (TPSA) is 20.2 Å². The zero-order valence-corrected chi connectivity index (χ0v) is 11.8. The fourth-order valence-corrected chi connectivity index (χ4v) is 3.15. The largest absolute Gasteiger partial charge is 0.388 e. The van der Waals surface area contributed by atoms with E-state index in [1.54, 1.807) is 0 Å². The SMILES string of the molecule is O[C@H]1CC[C@@H](c2ccc(Cl)c(Cl)c2)c2ccccc21. The number of rotatable bonds is 1. The first-order valence-corrected chi connectivity index (χ1v) is 7.14. The van der Waals surface area contributed by atoms with E-state index in [0.717, 1.165) is 24.0 Å². The molecule has 19 heavy (non-hydrogen) atoms. The van der Waals surface area contributed by atoms with Gasteiger partial charge in [0, 0.05) is 5.92 Å². The van der Waals surface area contributed by atoms with E-state index in [1.165, 1.54) is 5.56 Å². The summed E-state index contributed by atoms with van der Waals surface area (Å²) in [5.41, 5.74) is 3.39. The molecular formula is C16H14Cl2O. The average molecular weight is 293 g/mol. The Morgan fingerprint density at radius 3 is 2.37 bits per heavy atom. The fraction of sp³-hybridized carbons (Fsp3) is 0.250. The van der Waals surface area contributed by atoms with Gasteiger partial charge in [-0.3, -0.25) is 0 Å². The lowest BCUT2D eigenvalue weighted by Gasteiger charge is -2.29. The summed E-state index contributed by atoms with van der Waals surface area (Å²) in [5.74, 6) is 0.286. The molecular weight excluding hydrogens is 279 g/mol. The molecule has 0 unspecified atom stereocenters. The summed E-state index contributed by atoms with van der Waals surface area (Å²) in [6.45, 7) is 0. The lowest BCUT2D eigenvalue weighted by atomic mass is 9.78. The van der Waals surface area contributed by atoms with Gasteiger partial charge in [0.15, 0.2) is 0 Å². The molecule has 1 aliphatic rings. The number of aliphatic hydroxyl groups excluding tert-OH is 1. The van der Waals surface area contributed by atoms with E-state index in [-0.39, 0.29) is 12.0 Å². The molecule has 0 aliphatic heterocycles. The van der Waals surface area contributed by atoms with Gasteiger partial charge in [-0.15, -0.1) is 0 Å². The van der Waals surface area contributed by atoms with Crippen molar-refractivity contribution in [2.24, 2.45) is 0 Å². The highest BCUT2D eigenvalue weighted by Gasteiger charge is 2.26. The van der Waals surface area contributed by atoms with E-state index in [2.05, 4.69) is 6.07 Å². The molecule has 0 aromatic heterocycles. The van der Waals surface area contributed by atoms with Gasteiger partial charge in [-0.1, -0.05) is 53.5 Å². The molecule has 0 spiro atoms. The van der Waals surface area contributed by atoms with Gasteiger partial charge in [0.2, 0.25) is 0 Å². The Kier molecular flexibility index (Phi) is 3.53.